The molecule has 0 aliphatic heterocycles. The molecule has 34 heavy (non-hydrogen) atoms. The number of benzene rings is 1. The van der Waals surface area contributed by atoms with Gasteiger partial charge >= 0.3 is 0 Å². The summed E-state index contributed by atoms with van der Waals surface area (Å²) in [4.78, 5) is 7.80. The molecule has 3 N–H and O–H groups in total. The minimum atomic E-state index is -0.730. The maximum Gasteiger partial charge on any atom is 0.142 e. The van der Waals surface area contributed by atoms with Crippen LogP contribution in [0.2, 0.25) is 5.02 Å². The second-order valence-electron chi connectivity index (χ2n) is 8.93. The van der Waals surface area contributed by atoms with E-state index in [4.69, 9.17) is 16.3 Å². The van der Waals surface area contributed by atoms with Gasteiger partial charge in [0.15, 0.2) is 0 Å². The summed E-state index contributed by atoms with van der Waals surface area (Å²) in [5.41, 5.74) is 4.85. The zero-order valence-corrected chi connectivity index (χ0v) is 19.8. The third-order valence-electron chi connectivity index (χ3n) is 6.85. The van der Waals surface area contributed by atoms with Crippen molar-refractivity contribution in [3.05, 3.63) is 64.5 Å². The van der Waals surface area contributed by atoms with Crippen LogP contribution in [-0.2, 0) is 0 Å². The highest BCUT2D eigenvalue weighted by molar-refractivity contribution is 6.31. The van der Waals surface area contributed by atoms with Gasteiger partial charge in [0.25, 0.3) is 0 Å². The zero-order valence-electron chi connectivity index (χ0n) is 19.1. The Labute approximate surface area is 201 Å². The van der Waals surface area contributed by atoms with Crippen LogP contribution in [0.4, 0.5) is 4.39 Å². The largest absolute Gasteiger partial charge is 0.496 e. The van der Waals surface area contributed by atoms with Crippen LogP contribution in [-0.4, -0.2) is 49.3 Å². The lowest BCUT2D eigenvalue weighted by molar-refractivity contribution is 0.0438. The first kappa shape index (κ1) is 22.8. The lowest BCUT2D eigenvalue weighted by Gasteiger charge is -2.17. The monoisotopic (exact) mass is 484 g/mol. The van der Waals surface area contributed by atoms with E-state index in [2.05, 4.69) is 15.1 Å². The van der Waals surface area contributed by atoms with Crippen LogP contribution in [0.25, 0.3) is 22.2 Å². The first-order valence-electron chi connectivity index (χ1n) is 11.2. The van der Waals surface area contributed by atoms with E-state index in [1.54, 1.807) is 12.3 Å². The van der Waals surface area contributed by atoms with E-state index in [1.165, 1.54) is 13.2 Å². The topological polar surface area (TPSA) is 96.2 Å². The number of ether oxygens (including phenoxy) is 1. The molecule has 0 amide bonds. The molecule has 0 spiro atoms. The van der Waals surface area contributed by atoms with Crippen molar-refractivity contribution < 1.29 is 19.3 Å². The van der Waals surface area contributed by atoms with Gasteiger partial charge in [-0.25, -0.2) is 9.37 Å². The lowest BCUT2D eigenvalue weighted by atomic mass is 9.91. The molecule has 7 nitrogen and oxygen atoms in total. The minimum Gasteiger partial charge on any atom is -0.496 e. The normalized spacial score (nSPS) is 21.3. The quantitative estimate of drug-likeness (QED) is 0.380. The molecule has 4 aromatic rings. The van der Waals surface area contributed by atoms with Gasteiger partial charge in [-0.2, -0.15) is 5.10 Å². The summed E-state index contributed by atoms with van der Waals surface area (Å²) < 4.78 is 21.6. The van der Waals surface area contributed by atoms with Gasteiger partial charge < -0.3 is 19.9 Å². The number of methoxy groups -OCH3 is 1. The fraction of sp³-hybridized carbons (Fsp3) is 0.360. The number of rotatable bonds is 5. The Hall–Kier alpha value is -2.94. The molecule has 1 saturated carbocycles. The van der Waals surface area contributed by atoms with Crippen molar-refractivity contribution in [3.63, 3.8) is 0 Å². The Morgan fingerprint density at radius 2 is 2.00 bits per heavy atom. The smallest absolute Gasteiger partial charge is 0.142 e. The number of aliphatic hydroxyl groups excluding tert-OH is 2. The molecule has 1 aromatic carbocycles. The minimum absolute atomic E-state index is 0.0448. The van der Waals surface area contributed by atoms with E-state index in [0.29, 0.717) is 29.8 Å². The molecule has 1 aliphatic rings. The summed E-state index contributed by atoms with van der Waals surface area (Å²) in [6.45, 7) is 3.88. The highest BCUT2D eigenvalue weighted by Gasteiger charge is 2.33. The molecule has 0 saturated heterocycles. The third kappa shape index (κ3) is 3.76. The number of aromatic nitrogens is 4. The molecular formula is C25H26ClFN4O3. The van der Waals surface area contributed by atoms with Crippen molar-refractivity contribution in [2.75, 3.05) is 7.11 Å². The zero-order chi connectivity index (χ0) is 24.1. The Morgan fingerprint density at radius 3 is 2.71 bits per heavy atom. The van der Waals surface area contributed by atoms with E-state index in [0.717, 1.165) is 27.8 Å². The van der Waals surface area contributed by atoms with Gasteiger partial charge in [0.05, 0.1) is 36.1 Å². The summed E-state index contributed by atoms with van der Waals surface area (Å²) in [6, 6.07) is 4.87. The number of hydrogen-bond donors (Lipinski definition) is 3. The van der Waals surface area contributed by atoms with Gasteiger partial charge in [0.1, 0.15) is 17.2 Å². The molecule has 0 radical (unpaired) electrons. The predicted molar refractivity (Wildman–Crippen MR) is 128 cm³/mol. The van der Waals surface area contributed by atoms with Crippen molar-refractivity contribution in [1.82, 2.24) is 19.7 Å². The molecular weight excluding hydrogens is 459 g/mol. The first-order chi connectivity index (χ1) is 16.3. The van der Waals surface area contributed by atoms with Gasteiger partial charge in [-0.15, -0.1) is 0 Å². The first-order valence-corrected chi connectivity index (χ1v) is 11.6. The summed E-state index contributed by atoms with van der Waals surface area (Å²) in [5, 5.41) is 25.4. The van der Waals surface area contributed by atoms with Crippen LogP contribution in [0.15, 0.2) is 36.8 Å². The molecule has 178 valence electrons. The summed E-state index contributed by atoms with van der Waals surface area (Å²) in [5.74, 6) is -0.224. The number of nitrogens with zero attached hydrogens (tertiary/aromatic N) is 3. The van der Waals surface area contributed by atoms with Crippen molar-refractivity contribution in [2.45, 2.75) is 50.9 Å². The number of fused-ring (bicyclic) bond motifs is 1. The average Bonchev–Trinajstić information content (AvgIpc) is 3.51. The molecule has 0 bridgehead atoms. The lowest BCUT2D eigenvalue weighted by Crippen LogP contribution is -2.17. The second kappa shape index (κ2) is 8.69. The number of nitrogens with one attached hydrogen (secondary N) is 1. The van der Waals surface area contributed by atoms with Crippen LogP contribution in [0, 0.1) is 12.7 Å². The van der Waals surface area contributed by atoms with E-state index < -0.39 is 18.0 Å². The molecule has 5 rings (SSSR count). The Morgan fingerprint density at radius 1 is 1.26 bits per heavy atom. The number of halogens is 2. The SMILES string of the molecule is COc1ccc(F)c(Cl)c1C(C)c1c[nH]c2ncc(-c3cn(C4CC(O)C(O)C4)nc3C)cc12. The molecule has 9 heteroatoms. The van der Waals surface area contributed by atoms with Crippen molar-refractivity contribution in [1.29, 1.82) is 0 Å². The molecule has 3 heterocycles. The molecule has 3 aromatic heterocycles. The number of aromatic amines is 1. The fourth-order valence-corrected chi connectivity index (χ4v) is 5.27. The second-order valence-corrected chi connectivity index (χ2v) is 9.31. The van der Waals surface area contributed by atoms with Gasteiger partial charge in [-0.3, -0.25) is 4.68 Å². The van der Waals surface area contributed by atoms with Gasteiger partial charge in [-0.1, -0.05) is 18.5 Å². The summed E-state index contributed by atoms with van der Waals surface area (Å²) in [6.07, 6.45) is 5.07. The number of hydrogen-bond acceptors (Lipinski definition) is 5. The average molecular weight is 485 g/mol. The fourth-order valence-electron chi connectivity index (χ4n) is 4.95. The number of aliphatic hydroxyl groups is 2. The van der Waals surface area contributed by atoms with Crippen LogP contribution >= 0.6 is 11.6 Å². The van der Waals surface area contributed by atoms with Crippen LogP contribution in [0.5, 0.6) is 5.75 Å². The highest BCUT2D eigenvalue weighted by atomic mass is 35.5. The Bertz CT molecular complexity index is 1360. The summed E-state index contributed by atoms with van der Waals surface area (Å²) >= 11 is 6.35. The highest BCUT2D eigenvalue weighted by Crippen LogP contribution is 2.41. The Kier molecular flexibility index (Phi) is 5.83. The summed E-state index contributed by atoms with van der Waals surface area (Å²) in [7, 11) is 1.54. The van der Waals surface area contributed by atoms with Crippen LogP contribution < -0.4 is 4.74 Å². The Balaban J connectivity index is 1.55. The maximum atomic E-state index is 14.3. The third-order valence-corrected chi connectivity index (χ3v) is 7.23. The number of aryl methyl sites for hydroxylation is 1. The van der Waals surface area contributed by atoms with Crippen molar-refractivity contribution >= 4 is 22.6 Å². The molecule has 1 aliphatic carbocycles. The van der Waals surface area contributed by atoms with Gasteiger partial charge in [-0.05, 0) is 43.5 Å². The number of pyridine rings is 1. The molecule has 1 fully saturated rings. The van der Waals surface area contributed by atoms with E-state index >= 15 is 0 Å². The standard InChI is InChI=1S/C25H26ClFN4O3/c1-12(23-22(34-3)5-4-19(27)24(23)26)17-10-29-25-16(17)6-14(9-28-25)18-11-31(30-13(18)2)15-7-20(32)21(33)8-15/h4-6,9-12,15,20-21,32-33H,7-8H2,1-3H3,(H,28,29). The van der Waals surface area contributed by atoms with Gasteiger partial charge in [0.2, 0.25) is 0 Å². The van der Waals surface area contributed by atoms with Crippen LogP contribution in [0.3, 0.4) is 0 Å². The van der Waals surface area contributed by atoms with E-state index in [-0.39, 0.29) is 17.0 Å². The van der Waals surface area contributed by atoms with Crippen LogP contribution in [0.1, 0.15) is 48.5 Å². The van der Waals surface area contributed by atoms with Crippen molar-refractivity contribution in [2.24, 2.45) is 0 Å². The van der Waals surface area contributed by atoms with Gasteiger partial charge in [0, 0.05) is 46.6 Å². The number of H-pyrrole nitrogens is 1. The maximum absolute atomic E-state index is 14.3. The predicted octanol–water partition coefficient (Wildman–Crippen LogP) is 4.74. The van der Waals surface area contributed by atoms with Crippen molar-refractivity contribution in [3.8, 4) is 16.9 Å². The van der Waals surface area contributed by atoms with E-state index in [9.17, 15) is 14.6 Å². The molecule has 3 unspecified atom stereocenters. The molecule has 3 atom stereocenters. The van der Waals surface area contributed by atoms with E-state index in [1.807, 2.05) is 37.0 Å².